The maximum atomic E-state index is 12.6. The molecular weight excluding hydrogens is 310 g/mol. The zero-order valence-electron chi connectivity index (χ0n) is 14.8. The van der Waals surface area contributed by atoms with Crippen molar-refractivity contribution in [2.24, 2.45) is 5.92 Å². The highest BCUT2D eigenvalue weighted by molar-refractivity contribution is 5.74. The molecule has 0 unspecified atom stereocenters. The van der Waals surface area contributed by atoms with Crippen molar-refractivity contribution in [2.45, 2.75) is 37.1 Å². The summed E-state index contributed by atoms with van der Waals surface area (Å²) in [6.07, 6.45) is 9.28. The number of nitrogens with zero attached hydrogens (tertiary/aromatic N) is 2. The Balaban J connectivity index is 1.14. The van der Waals surface area contributed by atoms with Crippen molar-refractivity contribution in [2.75, 3.05) is 32.7 Å². The van der Waals surface area contributed by atoms with Gasteiger partial charge in [0.2, 0.25) is 0 Å². The van der Waals surface area contributed by atoms with Crippen LogP contribution in [0, 0.1) is 5.92 Å². The number of fused-ring (bicyclic) bond motifs is 2. The van der Waals surface area contributed by atoms with Crippen molar-refractivity contribution in [3.63, 3.8) is 0 Å². The number of hydrogen-bond donors (Lipinski definition) is 1. The third kappa shape index (κ3) is 2.58. The minimum atomic E-state index is 0.142. The Bertz CT molecular complexity index is 707. The molecule has 1 saturated heterocycles. The van der Waals surface area contributed by atoms with E-state index in [1.165, 1.54) is 24.8 Å². The van der Waals surface area contributed by atoms with Crippen LogP contribution in [0.4, 0.5) is 4.79 Å². The van der Waals surface area contributed by atoms with Crippen LogP contribution in [0.3, 0.4) is 0 Å². The van der Waals surface area contributed by atoms with E-state index < -0.39 is 0 Å². The summed E-state index contributed by atoms with van der Waals surface area (Å²) >= 11 is 0. The molecule has 2 amide bonds. The summed E-state index contributed by atoms with van der Waals surface area (Å²) in [5.74, 6) is 0.626. The number of hydrogen-bond acceptors (Lipinski definition) is 2. The second kappa shape index (κ2) is 5.87. The van der Waals surface area contributed by atoms with Gasteiger partial charge >= 0.3 is 6.03 Å². The Labute approximate surface area is 149 Å². The van der Waals surface area contributed by atoms with E-state index in [1.807, 2.05) is 4.90 Å². The zero-order valence-corrected chi connectivity index (χ0v) is 14.8. The molecule has 2 aliphatic carbocycles. The first-order valence-corrected chi connectivity index (χ1v) is 9.76. The highest BCUT2D eigenvalue weighted by Gasteiger charge is 2.57. The number of aryl methyl sites for hydroxylation is 1. The number of rotatable bonds is 3. The summed E-state index contributed by atoms with van der Waals surface area (Å²) in [5.41, 5.74) is 3.45. The fourth-order valence-electron chi connectivity index (χ4n) is 5.34. The van der Waals surface area contributed by atoms with Crippen LogP contribution in [0.5, 0.6) is 0 Å². The second-order valence-corrected chi connectivity index (χ2v) is 8.21. The van der Waals surface area contributed by atoms with E-state index in [2.05, 4.69) is 46.6 Å². The predicted octanol–water partition coefficient (Wildman–Crippen LogP) is 2.55. The first kappa shape index (κ1) is 15.4. The van der Waals surface area contributed by atoms with Crippen LogP contribution in [0.2, 0.25) is 0 Å². The number of likely N-dealkylation sites (tertiary alicyclic amines) is 1. The van der Waals surface area contributed by atoms with Crippen molar-refractivity contribution in [1.82, 2.24) is 15.1 Å². The van der Waals surface area contributed by atoms with Gasteiger partial charge < -0.3 is 10.2 Å². The molecule has 1 aromatic carbocycles. The van der Waals surface area contributed by atoms with Gasteiger partial charge in [-0.2, -0.15) is 0 Å². The minimum Gasteiger partial charge on any atom is -0.338 e. The molecule has 2 aliphatic heterocycles. The molecule has 3 atom stereocenters. The monoisotopic (exact) mass is 337 g/mol. The predicted molar refractivity (Wildman–Crippen MR) is 98.6 cm³/mol. The fourth-order valence-corrected chi connectivity index (χ4v) is 5.34. The lowest BCUT2D eigenvalue weighted by atomic mass is 9.95. The summed E-state index contributed by atoms with van der Waals surface area (Å²) < 4.78 is 0. The van der Waals surface area contributed by atoms with Gasteiger partial charge in [0.15, 0.2) is 0 Å². The molecular formula is C21H27N3O. The molecule has 25 heavy (non-hydrogen) atoms. The van der Waals surface area contributed by atoms with Crippen molar-refractivity contribution in [3.8, 4) is 0 Å². The molecule has 1 aromatic rings. The summed E-state index contributed by atoms with van der Waals surface area (Å²) in [5, 5.41) is 3.23. The van der Waals surface area contributed by atoms with Gasteiger partial charge in [-0.3, -0.25) is 4.90 Å². The normalized spacial score (nSPS) is 33.2. The summed E-state index contributed by atoms with van der Waals surface area (Å²) in [7, 11) is 0. The highest BCUT2D eigenvalue weighted by atomic mass is 16.2. The molecule has 4 aliphatic rings. The maximum Gasteiger partial charge on any atom is 0.317 e. The molecule has 4 heteroatoms. The van der Waals surface area contributed by atoms with Crippen LogP contribution in [0.25, 0.3) is 0 Å². The number of urea groups is 1. The van der Waals surface area contributed by atoms with Crippen LogP contribution in [-0.2, 0) is 11.8 Å². The SMILES string of the molecule is O=C(NC[C@@H]1C[C@@]12CCc1ccccc12)N1CC[C@@H](N2CC=CC2)C1. The highest BCUT2D eigenvalue weighted by Crippen LogP contribution is 2.61. The standard InChI is InChI=1S/C21H27N3O/c25-20(24-12-8-18(15-24)23-10-3-4-11-23)22-14-17-13-21(17)9-7-16-5-1-2-6-19(16)21/h1-6,17-18H,7-15H2,(H,22,25)/t17-,18+,21-/m0/s1. The summed E-state index contributed by atoms with van der Waals surface area (Å²) in [4.78, 5) is 17.1. The Morgan fingerprint density at radius 2 is 2.08 bits per heavy atom. The Hall–Kier alpha value is -1.81. The molecule has 0 radical (unpaired) electrons. The van der Waals surface area contributed by atoms with Crippen molar-refractivity contribution < 1.29 is 4.79 Å². The quantitative estimate of drug-likeness (QED) is 0.861. The van der Waals surface area contributed by atoms with Crippen LogP contribution in [-0.4, -0.2) is 54.6 Å². The molecule has 132 valence electrons. The van der Waals surface area contributed by atoms with Gasteiger partial charge in [0.05, 0.1) is 0 Å². The molecule has 0 bridgehead atoms. The molecule has 4 nitrogen and oxygen atoms in total. The molecule has 2 fully saturated rings. The minimum absolute atomic E-state index is 0.142. The van der Waals surface area contributed by atoms with E-state index in [1.54, 1.807) is 5.56 Å². The third-order valence-electron chi connectivity index (χ3n) is 6.94. The van der Waals surface area contributed by atoms with E-state index in [0.717, 1.165) is 39.1 Å². The molecule has 0 aromatic heterocycles. The fraction of sp³-hybridized carbons (Fsp3) is 0.571. The first-order chi connectivity index (χ1) is 12.3. The van der Waals surface area contributed by atoms with E-state index in [9.17, 15) is 4.79 Å². The molecule has 5 rings (SSSR count). The lowest BCUT2D eigenvalue weighted by Crippen LogP contribution is -2.42. The first-order valence-electron chi connectivity index (χ1n) is 9.76. The van der Waals surface area contributed by atoms with Gasteiger partial charge in [-0.1, -0.05) is 36.4 Å². The number of nitrogens with one attached hydrogen (secondary N) is 1. The topological polar surface area (TPSA) is 35.6 Å². The van der Waals surface area contributed by atoms with Crippen LogP contribution >= 0.6 is 0 Å². The number of benzene rings is 1. The van der Waals surface area contributed by atoms with Gasteiger partial charge in [-0.05, 0) is 42.7 Å². The molecule has 2 heterocycles. The van der Waals surface area contributed by atoms with E-state index >= 15 is 0 Å². The second-order valence-electron chi connectivity index (χ2n) is 8.21. The third-order valence-corrected chi connectivity index (χ3v) is 6.94. The van der Waals surface area contributed by atoms with E-state index in [-0.39, 0.29) is 6.03 Å². The Morgan fingerprint density at radius 3 is 2.96 bits per heavy atom. The molecule has 1 N–H and O–H groups in total. The van der Waals surface area contributed by atoms with E-state index in [4.69, 9.17) is 0 Å². The largest absolute Gasteiger partial charge is 0.338 e. The number of amides is 2. The number of carbonyl (C=O) groups is 1. The average Bonchev–Trinajstić information content (AvgIpc) is 3.08. The smallest absolute Gasteiger partial charge is 0.317 e. The summed E-state index contributed by atoms with van der Waals surface area (Å²) in [6, 6.07) is 9.57. The average molecular weight is 337 g/mol. The van der Waals surface area contributed by atoms with E-state index in [0.29, 0.717) is 17.4 Å². The molecule has 1 saturated carbocycles. The molecule has 1 spiro atoms. The van der Waals surface area contributed by atoms with Crippen molar-refractivity contribution in [1.29, 1.82) is 0 Å². The summed E-state index contributed by atoms with van der Waals surface area (Å²) in [6.45, 7) is 4.70. The van der Waals surface area contributed by atoms with Crippen LogP contribution in [0.1, 0.15) is 30.4 Å². The Kier molecular flexibility index (Phi) is 3.63. The lowest BCUT2D eigenvalue weighted by Gasteiger charge is -2.24. The maximum absolute atomic E-state index is 12.6. The van der Waals surface area contributed by atoms with Crippen LogP contribution < -0.4 is 5.32 Å². The van der Waals surface area contributed by atoms with Crippen molar-refractivity contribution in [3.05, 3.63) is 47.5 Å². The van der Waals surface area contributed by atoms with Gasteiger partial charge in [-0.25, -0.2) is 4.79 Å². The van der Waals surface area contributed by atoms with Crippen LogP contribution in [0.15, 0.2) is 36.4 Å². The van der Waals surface area contributed by atoms with Gasteiger partial charge in [-0.15, -0.1) is 0 Å². The van der Waals surface area contributed by atoms with Gasteiger partial charge in [0.1, 0.15) is 0 Å². The van der Waals surface area contributed by atoms with Gasteiger partial charge in [0, 0.05) is 44.2 Å². The van der Waals surface area contributed by atoms with Gasteiger partial charge in [0.25, 0.3) is 0 Å². The van der Waals surface area contributed by atoms with Crippen molar-refractivity contribution >= 4 is 6.03 Å². The Morgan fingerprint density at radius 1 is 1.24 bits per heavy atom. The lowest BCUT2D eigenvalue weighted by molar-refractivity contribution is 0.199. The number of carbonyl (C=O) groups excluding carboxylic acids is 1. The zero-order chi connectivity index (χ0) is 16.9.